The number of nitrogens with zero attached hydrogens (tertiary/aromatic N) is 1. The van der Waals surface area contributed by atoms with Gasteiger partial charge in [0.2, 0.25) is 5.91 Å². The van der Waals surface area contributed by atoms with Crippen molar-refractivity contribution in [2.45, 2.75) is 20.4 Å². The third-order valence-electron chi connectivity index (χ3n) is 1.84. The molecule has 14 heavy (non-hydrogen) atoms. The monoisotopic (exact) mass is 193 g/mol. The predicted molar refractivity (Wildman–Crippen MR) is 55.3 cm³/mol. The van der Waals surface area contributed by atoms with E-state index in [0.717, 1.165) is 5.56 Å². The molecule has 0 radical (unpaired) electrons. The van der Waals surface area contributed by atoms with Crippen LogP contribution in [0.25, 0.3) is 0 Å². The molecule has 4 nitrogen and oxygen atoms in total. The Bertz CT molecular complexity index is 306. The van der Waals surface area contributed by atoms with Crippen LogP contribution < -0.4 is 11.1 Å². The van der Waals surface area contributed by atoms with Gasteiger partial charge in [0.15, 0.2) is 0 Å². The van der Waals surface area contributed by atoms with Crippen LogP contribution in [-0.2, 0) is 11.3 Å². The highest BCUT2D eigenvalue weighted by Crippen LogP contribution is 2.01. The molecular weight excluding hydrogens is 178 g/mol. The first-order valence-corrected chi connectivity index (χ1v) is 4.57. The first kappa shape index (κ1) is 10.5. The number of nitrogens with one attached hydrogen (secondary N) is 1. The van der Waals surface area contributed by atoms with Crippen molar-refractivity contribution in [1.82, 2.24) is 10.3 Å². The van der Waals surface area contributed by atoms with Crippen LogP contribution in [0.1, 0.15) is 19.4 Å². The van der Waals surface area contributed by atoms with Crippen LogP contribution in [0.5, 0.6) is 0 Å². The molecule has 1 aromatic heterocycles. The van der Waals surface area contributed by atoms with E-state index in [9.17, 15) is 4.79 Å². The summed E-state index contributed by atoms with van der Waals surface area (Å²) in [7, 11) is 0. The lowest BCUT2D eigenvalue weighted by molar-refractivity contribution is -0.124. The molecule has 0 saturated carbocycles. The molecule has 0 aromatic carbocycles. The van der Waals surface area contributed by atoms with E-state index in [0.29, 0.717) is 12.4 Å². The Balaban J connectivity index is 2.46. The standard InChI is InChI=1S/C10H15N3O/c1-7(2)10(14)13-6-8-3-4-9(11)12-5-8/h3-5,7H,6H2,1-2H3,(H2,11,12)(H,13,14). The molecule has 76 valence electrons. The smallest absolute Gasteiger partial charge is 0.222 e. The zero-order chi connectivity index (χ0) is 10.6. The number of carbonyl (C=O) groups is 1. The van der Waals surface area contributed by atoms with Crippen molar-refractivity contribution in [3.63, 3.8) is 0 Å². The highest BCUT2D eigenvalue weighted by Gasteiger charge is 2.05. The second kappa shape index (κ2) is 4.60. The normalized spacial score (nSPS) is 10.2. The van der Waals surface area contributed by atoms with Crippen LogP contribution in [0, 0.1) is 5.92 Å². The van der Waals surface area contributed by atoms with Crippen LogP contribution in [-0.4, -0.2) is 10.9 Å². The fraction of sp³-hybridized carbons (Fsp3) is 0.400. The van der Waals surface area contributed by atoms with Gasteiger partial charge in [0.1, 0.15) is 5.82 Å². The van der Waals surface area contributed by atoms with Crippen molar-refractivity contribution in [2.24, 2.45) is 5.92 Å². The van der Waals surface area contributed by atoms with Gasteiger partial charge < -0.3 is 11.1 Å². The van der Waals surface area contributed by atoms with Crippen molar-refractivity contribution < 1.29 is 4.79 Å². The Kier molecular flexibility index (Phi) is 3.45. The van der Waals surface area contributed by atoms with Gasteiger partial charge in [-0.1, -0.05) is 19.9 Å². The molecule has 0 atom stereocenters. The maximum atomic E-state index is 11.2. The number of pyridine rings is 1. The second-order valence-corrected chi connectivity index (χ2v) is 3.46. The van der Waals surface area contributed by atoms with E-state index < -0.39 is 0 Å². The minimum absolute atomic E-state index is 0.0109. The number of amides is 1. The average Bonchev–Trinajstić information content (AvgIpc) is 2.16. The van der Waals surface area contributed by atoms with E-state index in [2.05, 4.69) is 10.3 Å². The van der Waals surface area contributed by atoms with Gasteiger partial charge >= 0.3 is 0 Å². The number of rotatable bonds is 3. The highest BCUT2D eigenvalue weighted by atomic mass is 16.1. The third-order valence-corrected chi connectivity index (χ3v) is 1.84. The minimum atomic E-state index is 0.0109. The fourth-order valence-corrected chi connectivity index (χ4v) is 0.934. The van der Waals surface area contributed by atoms with Gasteiger partial charge in [0.25, 0.3) is 0 Å². The Morgan fingerprint density at radius 2 is 2.29 bits per heavy atom. The predicted octanol–water partition coefficient (Wildman–Crippen LogP) is 0.936. The number of anilines is 1. The number of nitrogens with two attached hydrogens (primary N) is 1. The fourth-order valence-electron chi connectivity index (χ4n) is 0.934. The third kappa shape index (κ3) is 3.05. The summed E-state index contributed by atoms with van der Waals surface area (Å²) in [5, 5.41) is 2.80. The summed E-state index contributed by atoms with van der Waals surface area (Å²) in [6.45, 7) is 4.22. The van der Waals surface area contributed by atoms with Crippen molar-refractivity contribution >= 4 is 11.7 Å². The Morgan fingerprint density at radius 3 is 2.79 bits per heavy atom. The molecule has 0 aliphatic carbocycles. The number of hydrogen-bond acceptors (Lipinski definition) is 3. The summed E-state index contributed by atoms with van der Waals surface area (Å²) in [5.41, 5.74) is 6.38. The highest BCUT2D eigenvalue weighted by molar-refractivity contribution is 5.77. The SMILES string of the molecule is CC(C)C(=O)NCc1ccc(N)nc1. The number of carbonyl (C=O) groups excluding carboxylic acids is 1. The summed E-state index contributed by atoms with van der Waals surface area (Å²) >= 11 is 0. The molecule has 1 heterocycles. The van der Waals surface area contributed by atoms with Crippen LogP contribution in [0.15, 0.2) is 18.3 Å². The van der Waals surface area contributed by atoms with E-state index in [-0.39, 0.29) is 11.8 Å². The van der Waals surface area contributed by atoms with E-state index in [1.165, 1.54) is 0 Å². The van der Waals surface area contributed by atoms with Gasteiger partial charge in [-0.2, -0.15) is 0 Å². The van der Waals surface area contributed by atoms with Gasteiger partial charge in [-0.3, -0.25) is 4.79 Å². The van der Waals surface area contributed by atoms with Gasteiger partial charge in [-0.05, 0) is 11.6 Å². The molecule has 0 fully saturated rings. The Hall–Kier alpha value is -1.58. The lowest BCUT2D eigenvalue weighted by Crippen LogP contribution is -2.27. The maximum absolute atomic E-state index is 11.2. The van der Waals surface area contributed by atoms with E-state index in [1.54, 1.807) is 12.3 Å². The van der Waals surface area contributed by atoms with Crippen molar-refractivity contribution in [1.29, 1.82) is 0 Å². The van der Waals surface area contributed by atoms with Crippen LogP contribution in [0.2, 0.25) is 0 Å². The zero-order valence-electron chi connectivity index (χ0n) is 8.45. The summed E-state index contributed by atoms with van der Waals surface area (Å²) in [5.74, 6) is 0.544. The van der Waals surface area contributed by atoms with E-state index in [4.69, 9.17) is 5.73 Å². The van der Waals surface area contributed by atoms with Gasteiger partial charge in [-0.25, -0.2) is 4.98 Å². The average molecular weight is 193 g/mol. The molecule has 1 aromatic rings. The van der Waals surface area contributed by atoms with Crippen LogP contribution in [0.4, 0.5) is 5.82 Å². The largest absolute Gasteiger partial charge is 0.384 e. The number of aromatic nitrogens is 1. The first-order chi connectivity index (χ1) is 6.59. The molecule has 0 unspecified atom stereocenters. The number of nitrogen functional groups attached to an aromatic ring is 1. The molecule has 0 saturated heterocycles. The summed E-state index contributed by atoms with van der Waals surface area (Å²) in [4.78, 5) is 15.2. The van der Waals surface area contributed by atoms with Crippen LogP contribution in [0.3, 0.4) is 0 Å². The molecule has 0 aliphatic rings. The zero-order valence-corrected chi connectivity index (χ0v) is 8.45. The van der Waals surface area contributed by atoms with E-state index in [1.807, 2.05) is 19.9 Å². The van der Waals surface area contributed by atoms with Crippen molar-refractivity contribution in [2.75, 3.05) is 5.73 Å². The van der Waals surface area contributed by atoms with E-state index >= 15 is 0 Å². The van der Waals surface area contributed by atoms with Crippen molar-refractivity contribution in [3.8, 4) is 0 Å². The lowest BCUT2D eigenvalue weighted by atomic mass is 10.2. The van der Waals surface area contributed by atoms with Crippen LogP contribution >= 0.6 is 0 Å². The number of hydrogen-bond donors (Lipinski definition) is 2. The summed E-state index contributed by atoms with van der Waals surface area (Å²) < 4.78 is 0. The molecule has 3 N–H and O–H groups in total. The molecule has 4 heteroatoms. The Morgan fingerprint density at radius 1 is 1.57 bits per heavy atom. The van der Waals surface area contributed by atoms with Gasteiger partial charge in [0.05, 0.1) is 0 Å². The second-order valence-electron chi connectivity index (χ2n) is 3.46. The Labute approximate surface area is 83.5 Å². The molecule has 1 rings (SSSR count). The van der Waals surface area contributed by atoms with Gasteiger partial charge in [-0.15, -0.1) is 0 Å². The minimum Gasteiger partial charge on any atom is -0.384 e. The molecule has 0 aliphatic heterocycles. The summed E-state index contributed by atoms with van der Waals surface area (Å²) in [6, 6.07) is 3.57. The molecule has 0 bridgehead atoms. The maximum Gasteiger partial charge on any atom is 0.222 e. The summed E-state index contributed by atoms with van der Waals surface area (Å²) in [6.07, 6.45) is 1.66. The van der Waals surface area contributed by atoms with Gasteiger partial charge in [0, 0.05) is 18.7 Å². The molecule has 0 spiro atoms. The van der Waals surface area contributed by atoms with Crippen molar-refractivity contribution in [3.05, 3.63) is 23.9 Å². The topological polar surface area (TPSA) is 68.0 Å². The quantitative estimate of drug-likeness (QED) is 0.750. The molecular formula is C10H15N3O. The lowest BCUT2D eigenvalue weighted by Gasteiger charge is -2.07. The first-order valence-electron chi connectivity index (χ1n) is 4.57. The molecule has 1 amide bonds.